The van der Waals surface area contributed by atoms with Gasteiger partial charge in [-0.15, -0.1) is 0 Å². The van der Waals surface area contributed by atoms with E-state index < -0.39 is 0 Å². The van der Waals surface area contributed by atoms with Gasteiger partial charge in [-0.3, -0.25) is 0 Å². The van der Waals surface area contributed by atoms with Crippen molar-refractivity contribution in [3.8, 4) is 0 Å². The Kier molecular flexibility index (Phi) is 4.20. The van der Waals surface area contributed by atoms with Crippen molar-refractivity contribution in [1.29, 1.82) is 0 Å². The third-order valence-electron chi connectivity index (χ3n) is 3.58. The smallest absolute Gasteiger partial charge is 0.224 e. The zero-order chi connectivity index (χ0) is 15.5. The Bertz CT molecular complexity index is 673. The highest BCUT2D eigenvalue weighted by Gasteiger charge is 2.26. The number of rotatable bonds is 6. The van der Waals surface area contributed by atoms with E-state index in [0.29, 0.717) is 35.5 Å². The molecule has 1 aliphatic rings. The highest BCUT2D eigenvalue weighted by atomic mass is 19.1. The minimum absolute atomic E-state index is 0.0168. The second-order valence-electron chi connectivity index (χ2n) is 5.52. The Morgan fingerprint density at radius 3 is 2.77 bits per heavy atom. The van der Waals surface area contributed by atoms with E-state index in [1.165, 1.54) is 6.07 Å². The maximum Gasteiger partial charge on any atom is 0.224 e. The summed E-state index contributed by atoms with van der Waals surface area (Å²) in [4.78, 5) is 8.82. The summed E-state index contributed by atoms with van der Waals surface area (Å²) in [5, 5.41) is 15.0. The van der Waals surface area contributed by atoms with Crippen LogP contribution in [0.25, 0.3) is 0 Å². The van der Waals surface area contributed by atoms with E-state index in [9.17, 15) is 4.39 Å². The lowest BCUT2D eigenvalue weighted by Gasteiger charge is -2.11. The van der Waals surface area contributed by atoms with Crippen molar-refractivity contribution >= 4 is 17.5 Å². The molecule has 1 fully saturated rings. The molecule has 1 aliphatic carbocycles. The summed E-state index contributed by atoms with van der Waals surface area (Å²) in [6, 6.07) is 6.90. The number of nitrogens with zero attached hydrogens (tertiary/aromatic N) is 2. The van der Waals surface area contributed by atoms with Crippen LogP contribution in [0, 0.1) is 12.7 Å². The molecule has 22 heavy (non-hydrogen) atoms. The van der Waals surface area contributed by atoms with Gasteiger partial charge in [-0.05, 0) is 37.5 Å². The van der Waals surface area contributed by atoms with Crippen LogP contribution in [0.4, 0.5) is 21.8 Å². The van der Waals surface area contributed by atoms with Gasteiger partial charge in [-0.25, -0.2) is 9.37 Å². The highest BCUT2D eigenvalue weighted by Crippen LogP contribution is 2.40. The van der Waals surface area contributed by atoms with E-state index in [4.69, 9.17) is 5.11 Å². The van der Waals surface area contributed by atoms with Crippen LogP contribution in [-0.2, 0) is 0 Å². The Morgan fingerprint density at radius 1 is 1.27 bits per heavy atom. The second-order valence-corrected chi connectivity index (χ2v) is 5.52. The number of aromatic nitrogens is 2. The molecule has 0 spiro atoms. The van der Waals surface area contributed by atoms with Crippen molar-refractivity contribution in [1.82, 2.24) is 9.97 Å². The largest absolute Gasteiger partial charge is 0.395 e. The lowest BCUT2D eigenvalue weighted by molar-refractivity contribution is 0.311. The van der Waals surface area contributed by atoms with Crippen molar-refractivity contribution in [2.75, 3.05) is 23.8 Å². The molecule has 0 radical (unpaired) electrons. The van der Waals surface area contributed by atoms with Crippen molar-refractivity contribution in [2.24, 2.45) is 0 Å². The van der Waals surface area contributed by atoms with E-state index in [-0.39, 0.29) is 12.4 Å². The molecule has 0 aliphatic heterocycles. The Hall–Kier alpha value is -2.21. The summed E-state index contributed by atoms with van der Waals surface area (Å²) >= 11 is 0. The molecule has 3 N–H and O–H groups in total. The van der Waals surface area contributed by atoms with Crippen LogP contribution < -0.4 is 10.6 Å². The summed E-state index contributed by atoms with van der Waals surface area (Å²) in [5.74, 6) is 1.34. The van der Waals surface area contributed by atoms with Gasteiger partial charge >= 0.3 is 0 Å². The minimum Gasteiger partial charge on any atom is -0.395 e. The van der Waals surface area contributed by atoms with Gasteiger partial charge in [0.25, 0.3) is 0 Å². The van der Waals surface area contributed by atoms with E-state index in [2.05, 4.69) is 20.6 Å². The van der Waals surface area contributed by atoms with Gasteiger partial charge in [0.05, 0.1) is 12.3 Å². The van der Waals surface area contributed by atoms with Crippen LogP contribution in [0.15, 0.2) is 24.3 Å². The number of hydrogen-bond donors (Lipinski definition) is 3. The fourth-order valence-electron chi connectivity index (χ4n) is 2.18. The van der Waals surface area contributed by atoms with Crippen molar-refractivity contribution in [3.05, 3.63) is 41.3 Å². The molecule has 1 aromatic carbocycles. The normalized spacial score (nSPS) is 14.0. The third-order valence-corrected chi connectivity index (χ3v) is 3.58. The SMILES string of the molecule is Cc1ccc(Nc2cc(C3CC3)nc(NCCO)n2)cc1F. The average Bonchev–Trinajstić information content (AvgIpc) is 3.33. The quantitative estimate of drug-likeness (QED) is 0.765. The Labute approximate surface area is 128 Å². The van der Waals surface area contributed by atoms with Gasteiger partial charge in [0, 0.05) is 24.2 Å². The third kappa shape index (κ3) is 3.51. The predicted octanol–water partition coefficient (Wildman–Crippen LogP) is 2.95. The number of halogens is 1. The summed E-state index contributed by atoms with van der Waals surface area (Å²) in [6.07, 6.45) is 2.27. The van der Waals surface area contributed by atoms with Crippen LogP contribution in [-0.4, -0.2) is 28.2 Å². The summed E-state index contributed by atoms with van der Waals surface area (Å²) < 4.78 is 13.6. The van der Waals surface area contributed by atoms with Gasteiger partial charge in [-0.2, -0.15) is 4.98 Å². The molecule has 1 saturated carbocycles. The standard InChI is InChI=1S/C16H19FN4O/c1-10-2-5-12(8-13(10)17)19-15-9-14(11-3-4-11)20-16(21-15)18-6-7-22/h2,5,8-9,11,22H,3-4,6-7H2,1H3,(H2,18,19,20,21). The molecule has 1 heterocycles. The molecule has 0 bridgehead atoms. The first kappa shape index (κ1) is 14.7. The molecule has 5 nitrogen and oxygen atoms in total. The lowest BCUT2D eigenvalue weighted by atomic mass is 10.2. The van der Waals surface area contributed by atoms with E-state index in [1.807, 2.05) is 12.1 Å². The molecule has 1 aromatic heterocycles. The Balaban J connectivity index is 1.84. The molecule has 0 amide bonds. The number of aliphatic hydroxyl groups excluding tert-OH is 1. The fraction of sp³-hybridized carbons (Fsp3) is 0.375. The van der Waals surface area contributed by atoms with Crippen molar-refractivity contribution < 1.29 is 9.50 Å². The molecule has 0 unspecified atom stereocenters. The van der Waals surface area contributed by atoms with Gasteiger partial charge in [0.1, 0.15) is 11.6 Å². The number of aliphatic hydroxyl groups is 1. The van der Waals surface area contributed by atoms with E-state index >= 15 is 0 Å². The molecule has 6 heteroatoms. The Morgan fingerprint density at radius 2 is 2.09 bits per heavy atom. The van der Waals surface area contributed by atoms with E-state index in [1.54, 1.807) is 13.0 Å². The molecule has 2 aromatic rings. The average molecular weight is 302 g/mol. The number of hydrogen-bond acceptors (Lipinski definition) is 5. The monoisotopic (exact) mass is 302 g/mol. The number of nitrogens with one attached hydrogen (secondary N) is 2. The summed E-state index contributed by atoms with van der Waals surface area (Å²) in [6.45, 7) is 2.14. The molecule has 0 saturated heterocycles. The van der Waals surface area contributed by atoms with Crippen LogP contribution >= 0.6 is 0 Å². The zero-order valence-electron chi connectivity index (χ0n) is 12.4. The first-order valence-corrected chi connectivity index (χ1v) is 7.42. The van der Waals surface area contributed by atoms with Gasteiger partial charge in [0.2, 0.25) is 5.95 Å². The van der Waals surface area contributed by atoms with Gasteiger partial charge in [0.15, 0.2) is 0 Å². The summed E-state index contributed by atoms with van der Waals surface area (Å²) in [5.41, 5.74) is 2.24. The topological polar surface area (TPSA) is 70.1 Å². The maximum absolute atomic E-state index is 13.6. The molecule has 116 valence electrons. The van der Waals surface area contributed by atoms with Gasteiger partial charge < -0.3 is 15.7 Å². The molecule has 0 atom stereocenters. The van der Waals surface area contributed by atoms with Crippen molar-refractivity contribution in [2.45, 2.75) is 25.7 Å². The highest BCUT2D eigenvalue weighted by molar-refractivity contribution is 5.58. The zero-order valence-corrected chi connectivity index (χ0v) is 12.4. The molecular weight excluding hydrogens is 283 g/mol. The number of anilines is 3. The predicted molar refractivity (Wildman–Crippen MR) is 84.0 cm³/mol. The lowest BCUT2D eigenvalue weighted by Crippen LogP contribution is -2.10. The van der Waals surface area contributed by atoms with Crippen LogP contribution in [0.2, 0.25) is 0 Å². The van der Waals surface area contributed by atoms with Gasteiger partial charge in [-0.1, -0.05) is 6.07 Å². The number of aryl methyl sites for hydroxylation is 1. The van der Waals surface area contributed by atoms with Crippen LogP contribution in [0.1, 0.15) is 30.0 Å². The van der Waals surface area contributed by atoms with Crippen molar-refractivity contribution in [3.63, 3.8) is 0 Å². The maximum atomic E-state index is 13.6. The summed E-state index contributed by atoms with van der Waals surface area (Å²) in [7, 11) is 0. The number of benzene rings is 1. The molecular formula is C16H19FN4O. The fourth-order valence-corrected chi connectivity index (χ4v) is 2.18. The van der Waals surface area contributed by atoms with Crippen LogP contribution in [0.3, 0.4) is 0 Å². The molecule has 3 rings (SSSR count). The van der Waals surface area contributed by atoms with Crippen LogP contribution in [0.5, 0.6) is 0 Å². The first-order valence-electron chi connectivity index (χ1n) is 7.42. The second kappa shape index (κ2) is 6.27. The first-order chi connectivity index (χ1) is 10.7. The minimum atomic E-state index is -0.250. The van der Waals surface area contributed by atoms with E-state index in [0.717, 1.165) is 18.5 Å².